The number of fused-ring (bicyclic) bond motifs is 1. The molecule has 2 heterocycles. The van der Waals surface area contributed by atoms with Crippen molar-refractivity contribution in [1.82, 2.24) is 15.3 Å². The van der Waals surface area contributed by atoms with E-state index in [1.807, 2.05) is 81.4 Å². The van der Waals surface area contributed by atoms with Crippen LogP contribution in [0.15, 0.2) is 65.5 Å². The highest BCUT2D eigenvalue weighted by Crippen LogP contribution is 2.27. The molecule has 1 atom stereocenters. The van der Waals surface area contributed by atoms with Crippen LogP contribution >= 0.6 is 23.1 Å². The molecule has 5 nitrogen and oxygen atoms in total. The van der Waals surface area contributed by atoms with Crippen LogP contribution in [0.5, 0.6) is 0 Å². The van der Waals surface area contributed by atoms with E-state index in [0.717, 1.165) is 26.4 Å². The minimum Gasteiger partial charge on any atom is -0.344 e. The molecule has 2 aromatic carbocycles. The van der Waals surface area contributed by atoms with Gasteiger partial charge >= 0.3 is 0 Å². The average Bonchev–Trinajstić information content (AvgIpc) is 3.10. The summed E-state index contributed by atoms with van der Waals surface area (Å²) in [6.07, 6.45) is 0. The zero-order valence-electron chi connectivity index (χ0n) is 18.2. The molecule has 2 N–H and O–H groups in total. The number of rotatable bonds is 7. The maximum Gasteiger partial charge on any atom is 0.259 e. The topological polar surface area (TPSA) is 74.8 Å². The third-order valence-electron chi connectivity index (χ3n) is 5.48. The predicted octanol–water partition coefficient (Wildman–Crippen LogP) is 5.13. The lowest BCUT2D eigenvalue weighted by molar-refractivity contribution is -0.120. The normalized spacial score (nSPS) is 12.2. The lowest BCUT2D eigenvalue weighted by atomic mass is 9.98. The number of amides is 1. The number of thioether (sulfide) groups is 1. The van der Waals surface area contributed by atoms with Crippen LogP contribution < -0.4 is 10.9 Å². The fourth-order valence-electron chi connectivity index (χ4n) is 3.56. The summed E-state index contributed by atoms with van der Waals surface area (Å²) in [5, 5.41) is 3.55. The highest BCUT2D eigenvalue weighted by molar-refractivity contribution is 7.99. The first-order chi connectivity index (χ1) is 15.4. The summed E-state index contributed by atoms with van der Waals surface area (Å²) in [6.45, 7) is 5.82. The van der Waals surface area contributed by atoms with Gasteiger partial charge in [0.05, 0.1) is 22.4 Å². The number of nitrogens with one attached hydrogen (secondary N) is 2. The average molecular weight is 464 g/mol. The summed E-state index contributed by atoms with van der Waals surface area (Å²) in [5.74, 6) is 0.993. The van der Waals surface area contributed by atoms with E-state index in [0.29, 0.717) is 17.0 Å². The molecule has 164 valence electrons. The Kier molecular flexibility index (Phi) is 6.77. The number of hydrogen-bond donors (Lipinski definition) is 2. The molecular weight excluding hydrogens is 438 g/mol. The number of aromatic nitrogens is 2. The fourth-order valence-corrected chi connectivity index (χ4v) is 5.37. The van der Waals surface area contributed by atoms with Crippen LogP contribution in [-0.4, -0.2) is 21.1 Å². The van der Waals surface area contributed by atoms with Crippen LogP contribution in [-0.2, 0) is 10.5 Å². The molecule has 0 radical (unpaired) electrons. The van der Waals surface area contributed by atoms with Gasteiger partial charge in [0.25, 0.3) is 5.56 Å². The van der Waals surface area contributed by atoms with Crippen LogP contribution in [0, 0.1) is 13.8 Å². The van der Waals surface area contributed by atoms with Gasteiger partial charge < -0.3 is 10.3 Å². The number of carbonyl (C=O) groups excluding carboxylic acids is 1. The summed E-state index contributed by atoms with van der Waals surface area (Å²) in [6, 6.07) is 19.7. The smallest absolute Gasteiger partial charge is 0.259 e. The zero-order chi connectivity index (χ0) is 22.7. The minimum absolute atomic E-state index is 0.0565. The monoisotopic (exact) mass is 463 g/mol. The molecule has 0 aliphatic heterocycles. The van der Waals surface area contributed by atoms with Gasteiger partial charge in [-0.3, -0.25) is 9.59 Å². The lowest BCUT2D eigenvalue weighted by Gasteiger charge is -2.22. The molecule has 0 saturated carbocycles. The second kappa shape index (κ2) is 9.71. The molecule has 1 unspecified atom stereocenters. The number of H-pyrrole nitrogens is 1. The molecule has 2 aromatic heterocycles. The third-order valence-corrected chi connectivity index (χ3v) is 7.74. The van der Waals surface area contributed by atoms with Crippen molar-refractivity contribution < 1.29 is 4.79 Å². The van der Waals surface area contributed by atoms with Crippen molar-refractivity contribution in [3.8, 4) is 0 Å². The van der Waals surface area contributed by atoms with Gasteiger partial charge in [0.2, 0.25) is 5.91 Å². The van der Waals surface area contributed by atoms with E-state index in [4.69, 9.17) is 0 Å². The highest BCUT2D eigenvalue weighted by Gasteiger charge is 2.21. The van der Waals surface area contributed by atoms with Crippen molar-refractivity contribution >= 4 is 39.2 Å². The maximum absolute atomic E-state index is 13.0. The lowest BCUT2D eigenvalue weighted by Crippen LogP contribution is -2.35. The van der Waals surface area contributed by atoms with E-state index in [2.05, 4.69) is 15.3 Å². The van der Waals surface area contributed by atoms with Gasteiger partial charge in [0.1, 0.15) is 10.7 Å². The molecule has 32 heavy (non-hydrogen) atoms. The fraction of sp³-hybridized carbons (Fsp3) is 0.240. The molecule has 4 rings (SSSR count). The Morgan fingerprint density at radius 1 is 1.06 bits per heavy atom. The number of carbonyl (C=O) groups is 1. The molecule has 0 saturated heterocycles. The largest absolute Gasteiger partial charge is 0.344 e. The summed E-state index contributed by atoms with van der Waals surface area (Å²) in [5.41, 5.74) is 2.93. The third kappa shape index (κ3) is 4.79. The van der Waals surface area contributed by atoms with Crippen molar-refractivity contribution in [2.45, 2.75) is 37.8 Å². The zero-order valence-corrected chi connectivity index (χ0v) is 19.8. The first-order valence-corrected chi connectivity index (χ1v) is 12.3. The second-order valence-electron chi connectivity index (χ2n) is 7.69. The molecule has 0 spiro atoms. The molecule has 1 amide bonds. The first-order valence-electron chi connectivity index (χ1n) is 10.4. The van der Waals surface area contributed by atoms with Crippen LogP contribution in [0.3, 0.4) is 0 Å². The van der Waals surface area contributed by atoms with E-state index >= 15 is 0 Å². The Hall–Kier alpha value is -2.90. The SMILES string of the molecule is Cc1sc2nc(CSC(C)C(=O)NC(c3ccccc3)c3ccccc3)[nH]c(=O)c2c1C. The molecular formula is C25H25N3O2S2. The van der Waals surface area contributed by atoms with E-state index in [1.54, 1.807) is 0 Å². The Bertz CT molecular complexity index is 1240. The molecule has 7 heteroatoms. The minimum atomic E-state index is -0.308. The number of hydrogen-bond acceptors (Lipinski definition) is 5. The van der Waals surface area contributed by atoms with E-state index in [9.17, 15) is 9.59 Å². The summed E-state index contributed by atoms with van der Waals surface area (Å²) < 4.78 is 0. The first kappa shape index (κ1) is 22.3. The number of thiophene rings is 1. The maximum atomic E-state index is 13.0. The van der Waals surface area contributed by atoms with E-state index in [-0.39, 0.29) is 22.8 Å². The molecule has 4 aromatic rings. The second-order valence-corrected chi connectivity index (χ2v) is 10.2. The number of aromatic amines is 1. The Balaban J connectivity index is 1.47. The number of aryl methyl sites for hydroxylation is 2. The summed E-state index contributed by atoms with van der Waals surface area (Å²) in [4.78, 5) is 34.9. The predicted molar refractivity (Wildman–Crippen MR) is 133 cm³/mol. The van der Waals surface area contributed by atoms with Gasteiger partial charge in [0.15, 0.2) is 0 Å². The van der Waals surface area contributed by atoms with Crippen molar-refractivity contribution in [1.29, 1.82) is 0 Å². The van der Waals surface area contributed by atoms with Crippen molar-refractivity contribution in [2.24, 2.45) is 0 Å². The van der Waals surface area contributed by atoms with Crippen LogP contribution in [0.4, 0.5) is 0 Å². The number of nitrogens with zero attached hydrogens (tertiary/aromatic N) is 1. The van der Waals surface area contributed by atoms with Crippen LogP contribution in [0.25, 0.3) is 10.2 Å². The van der Waals surface area contributed by atoms with Crippen molar-refractivity contribution in [3.05, 3.63) is 98.4 Å². The molecule has 0 aliphatic carbocycles. The van der Waals surface area contributed by atoms with Crippen LogP contribution in [0.1, 0.15) is 40.4 Å². The Morgan fingerprint density at radius 3 is 2.25 bits per heavy atom. The van der Waals surface area contributed by atoms with E-state index in [1.165, 1.54) is 23.1 Å². The molecule has 0 bridgehead atoms. The van der Waals surface area contributed by atoms with Gasteiger partial charge in [-0.15, -0.1) is 23.1 Å². The molecule has 0 aliphatic rings. The van der Waals surface area contributed by atoms with Gasteiger partial charge in [-0.05, 0) is 37.5 Å². The summed E-state index contributed by atoms with van der Waals surface area (Å²) >= 11 is 2.99. The highest BCUT2D eigenvalue weighted by atomic mass is 32.2. The van der Waals surface area contributed by atoms with Crippen LogP contribution in [0.2, 0.25) is 0 Å². The van der Waals surface area contributed by atoms with Gasteiger partial charge in [-0.2, -0.15) is 0 Å². The van der Waals surface area contributed by atoms with Gasteiger partial charge in [0, 0.05) is 4.88 Å². The van der Waals surface area contributed by atoms with Crippen molar-refractivity contribution in [3.63, 3.8) is 0 Å². The number of benzene rings is 2. The van der Waals surface area contributed by atoms with E-state index < -0.39 is 0 Å². The Morgan fingerprint density at radius 2 is 1.66 bits per heavy atom. The summed E-state index contributed by atoms with van der Waals surface area (Å²) in [7, 11) is 0. The van der Waals surface area contributed by atoms with Crippen molar-refractivity contribution in [2.75, 3.05) is 0 Å². The Labute approximate surface area is 195 Å². The van der Waals surface area contributed by atoms with Gasteiger partial charge in [-0.1, -0.05) is 60.7 Å². The molecule has 0 fully saturated rings. The van der Waals surface area contributed by atoms with Gasteiger partial charge in [-0.25, -0.2) is 4.98 Å². The standard InChI is InChI=1S/C25H25N3O2S2/c1-15-16(2)32-25-21(15)24(30)26-20(27-25)14-31-17(3)23(29)28-22(18-10-6-4-7-11-18)19-12-8-5-9-13-19/h4-13,17,22H,14H2,1-3H3,(H,28,29)(H,26,27,30). The quantitative estimate of drug-likeness (QED) is 0.398.